The molecule has 2 aliphatic heterocycles. The predicted molar refractivity (Wildman–Crippen MR) is 133 cm³/mol. The first kappa shape index (κ1) is 29.8. The summed E-state index contributed by atoms with van der Waals surface area (Å²) in [6.07, 6.45) is -3.11. The van der Waals surface area contributed by atoms with E-state index in [0.717, 1.165) is 0 Å². The van der Waals surface area contributed by atoms with Crippen LogP contribution in [0.15, 0.2) is 12.2 Å². The Labute approximate surface area is 223 Å². The molecule has 0 aromatic heterocycles. The van der Waals surface area contributed by atoms with E-state index in [1.54, 1.807) is 13.8 Å². The Balaban J connectivity index is 2.34. The maximum absolute atomic E-state index is 12.9. The van der Waals surface area contributed by atoms with Crippen LogP contribution in [0.4, 0.5) is 0 Å². The molecule has 3 fully saturated rings. The summed E-state index contributed by atoms with van der Waals surface area (Å²) >= 11 is 0. The van der Waals surface area contributed by atoms with Crippen LogP contribution in [-0.4, -0.2) is 65.3 Å². The van der Waals surface area contributed by atoms with Crippen molar-refractivity contribution in [3.63, 3.8) is 0 Å². The van der Waals surface area contributed by atoms with Crippen molar-refractivity contribution in [1.82, 2.24) is 0 Å². The summed E-state index contributed by atoms with van der Waals surface area (Å²) in [6, 6.07) is 0. The van der Waals surface area contributed by atoms with Crippen LogP contribution in [0.2, 0.25) is 0 Å². The van der Waals surface area contributed by atoms with Crippen LogP contribution >= 0.6 is 0 Å². The number of carbonyl (C=O) groups excluding carboxylic acids is 5. The minimum Gasteiger partial charge on any atom is -0.458 e. The SMILES string of the molecule is C=C1C[C@@H]2O[C@@H]([C@H]3[C@H](C(C)C)[C@@H](OC(C)=O)[C@@H](OC(C)=O)[C@](C)(OC(C)=O)[C@H]32)[C@@](C)(OC(C)=O)CCC1=O. The van der Waals surface area contributed by atoms with E-state index >= 15 is 0 Å². The van der Waals surface area contributed by atoms with Crippen molar-refractivity contribution >= 4 is 29.7 Å². The Morgan fingerprint density at radius 3 is 2.03 bits per heavy atom. The van der Waals surface area contributed by atoms with Gasteiger partial charge in [0.2, 0.25) is 0 Å². The summed E-state index contributed by atoms with van der Waals surface area (Å²) in [7, 11) is 0. The first-order valence-electron chi connectivity index (χ1n) is 13.1. The van der Waals surface area contributed by atoms with Crippen molar-refractivity contribution in [2.45, 2.75) is 110 Å². The molecule has 1 saturated carbocycles. The zero-order valence-electron chi connectivity index (χ0n) is 23.5. The molecule has 2 heterocycles. The monoisotopic (exact) mass is 536 g/mol. The fraction of sp³-hybridized carbons (Fsp3) is 0.750. The molecule has 2 bridgehead atoms. The summed E-state index contributed by atoms with van der Waals surface area (Å²) < 4.78 is 30.1. The van der Waals surface area contributed by atoms with E-state index in [9.17, 15) is 24.0 Å². The third kappa shape index (κ3) is 5.51. The van der Waals surface area contributed by atoms with Gasteiger partial charge in [-0.3, -0.25) is 24.0 Å². The smallest absolute Gasteiger partial charge is 0.303 e. The number of carbonyl (C=O) groups is 5. The summed E-state index contributed by atoms with van der Waals surface area (Å²) in [6.45, 7) is 16.3. The van der Waals surface area contributed by atoms with Crippen LogP contribution in [-0.2, 0) is 47.7 Å². The molecule has 0 spiro atoms. The van der Waals surface area contributed by atoms with Gasteiger partial charge in [-0.15, -0.1) is 0 Å². The molecule has 0 radical (unpaired) electrons. The molecule has 0 amide bonds. The zero-order valence-corrected chi connectivity index (χ0v) is 23.5. The second kappa shape index (κ2) is 10.8. The van der Waals surface area contributed by atoms with Gasteiger partial charge < -0.3 is 23.7 Å². The molecule has 3 aliphatic rings. The Hall–Kier alpha value is -2.75. The third-order valence-corrected chi connectivity index (χ3v) is 8.23. The molecular formula is C28H40O10. The van der Waals surface area contributed by atoms with Crippen molar-refractivity contribution in [2.24, 2.45) is 23.7 Å². The minimum atomic E-state index is -1.51. The molecule has 2 saturated heterocycles. The van der Waals surface area contributed by atoms with Crippen LogP contribution in [0.1, 0.15) is 74.7 Å². The Morgan fingerprint density at radius 2 is 1.53 bits per heavy atom. The highest BCUT2D eigenvalue weighted by molar-refractivity contribution is 5.94. The number of esters is 4. The van der Waals surface area contributed by atoms with Gasteiger partial charge in [-0.05, 0) is 31.8 Å². The first-order chi connectivity index (χ1) is 17.5. The lowest BCUT2D eigenvalue weighted by molar-refractivity contribution is -0.249. The van der Waals surface area contributed by atoms with E-state index in [-0.39, 0.29) is 31.0 Å². The van der Waals surface area contributed by atoms with E-state index in [1.807, 2.05) is 13.8 Å². The van der Waals surface area contributed by atoms with Gasteiger partial charge in [-0.1, -0.05) is 20.4 Å². The van der Waals surface area contributed by atoms with E-state index in [0.29, 0.717) is 5.57 Å². The molecule has 9 atom stereocenters. The lowest BCUT2D eigenvalue weighted by atomic mass is 9.55. The van der Waals surface area contributed by atoms with Gasteiger partial charge in [0, 0.05) is 58.3 Å². The van der Waals surface area contributed by atoms with Gasteiger partial charge in [0.05, 0.1) is 6.10 Å². The number of ether oxygens (including phenoxy) is 5. The summed E-state index contributed by atoms with van der Waals surface area (Å²) in [4.78, 5) is 62.4. The summed E-state index contributed by atoms with van der Waals surface area (Å²) in [5.41, 5.74) is -2.38. The van der Waals surface area contributed by atoms with Crippen LogP contribution in [0.25, 0.3) is 0 Å². The quantitative estimate of drug-likeness (QED) is 0.293. The summed E-state index contributed by atoms with van der Waals surface area (Å²) in [5, 5.41) is 0. The number of Topliss-reactive ketones (excluding diaryl/α,β-unsaturated/α-hetero) is 1. The standard InChI is InChI=1S/C28H40O10/c1-13(2)21-22-23(28(9,38-18(7)32)26(35-16(5)30)24(21)34-15(4)29)20-12-14(3)19(33)10-11-27(8,25(22)36-20)37-17(6)31/h13,20-26H,3,10-12H2,1-2,4-9H3/t20-,21-,22-,23-,24+,25-,26+,27-,28+/m0/s1. The molecular weight excluding hydrogens is 496 g/mol. The zero-order chi connectivity index (χ0) is 28.7. The van der Waals surface area contributed by atoms with Crippen molar-refractivity contribution < 1.29 is 47.7 Å². The van der Waals surface area contributed by atoms with Gasteiger partial charge in [-0.2, -0.15) is 0 Å². The number of rotatable bonds is 5. The van der Waals surface area contributed by atoms with Gasteiger partial charge in [0.15, 0.2) is 17.5 Å². The lowest BCUT2D eigenvalue weighted by Gasteiger charge is -2.56. The molecule has 0 aromatic rings. The molecule has 212 valence electrons. The maximum atomic E-state index is 12.9. The van der Waals surface area contributed by atoms with Crippen LogP contribution < -0.4 is 0 Å². The molecule has 10 nitrogen and oxygen atoms in total. The summed E-state index contributed by atoms with van der Waals surface area (Å²) in [5.74, 6) is -4.19. The molecule has 3 rings (SSSR count). The number of ketones is 1. The van der Waals surface area contributed by atoms with Gasteiger partial charge >= 0.3 is 23.9 Å². The highest BCUT2D eigenvalue weighted by atomic mass is 16.6. The van der Waals surface area contributed by atoms with Crippen LogP contribution in [0, 0.1) is 23.7 Å². The highest BCUT2D eigenvalue weighted by Gasteiger charge is 2.71. The fourth-order valence-electron chi connectivity index (χ4n) is 7.08. The fourth-order valence-corrected chi connectivity index (χ4v) is 7.08. The third-order valence-electron chi connectivity index (χ3n) is 8.23. The van der Waals surface area contributed by atoms with E-state index in [4.69, 9.17) is 23.7 Å². The Kier molecular flexibility index (Phi) is 8.46. The second-order valence-corrected chi connectivity index (χ2v) is 11.5. The predicted octanol–water partition coefficient (Wildman–Crippen LogP) is 3.09. The topological polar surface area (TPSA) is 132 Å². The van der Waals surface area contributed by atoms with Crippen molar-refractivity contribution in [3.8, 4) is 0 Å². The van der Waals surface area contributed by atoms with Crippen molar-refractivity contribution in [3.05, 3.63) is 12.2 Å². The second-order valence-electron chi connectivity index (χ2n) is 11.5. The first-order valence-corrected chi connectivity index (χ1v) is 13.1. The van der Waals surface area contributed by atoms with Crippen molar-refractivity contribution in [1.29, 1.82) is 0 Å². The van der Waals surface area contributed by atoms with E-state index in [2.05, 4.69) is 6.58 Å². The molecule has 38 heavy (non-hydrogen) atoms. The normalized spacial score (nSPS) is 38.8. The Bertz CT molecular complexity index is 1020. The van der Waals surface area contributed by atoms with Gasteiger partial charge in [0.25, 0.3) is 0 Å². The number of hydrogen-bond donors (Lipinski definition) is 0. The minimum absolute atomic E-state index is 0.115. The largest absolute Gasteiger partial charge is 0.458 e. The number of fused-ring (bicyclic) bond motifs is 5. The van der Waals surface area contributed by atoms with Gasteiger partial charge in [-0.25, -0.2) is 0 Å². The average Bonchev–Trinajstić information content (AvgIpc) is 3.14. The van der Waals surface area contributed by atoms with Crippen LogP contribution in [0.3, 0.4) is 0 Å². The molecule has 0 unspecified atom stereocenters. The number of hydrogen-bond acceptors (Lipinski definition) is 10. The molecule has 0 N–H and O–H groups in total. The van der Waals surface area contributed by atoms with Gasteiger partial charge in [0.1, 0.15) is 17.8 Å². The highest BCUT2D eigenvalue weighted by Crippen LogP contribution is 2.59. The van der Waals surface area contributed by atoms with Crippen LogP contribution in [0.5, 0.6) is 0 Å². The Morgan fingerprint density at radius 1 is 0.947 bits per heavy atom. The molecule has 0 aromatic carbocycles. The molecule has 1 aliphatic carbocycles. The van der Waals surface area contributed by atoms with E-state index < -0.39 is 77.2 Å². The molecule has 10 heteroatoms. The average molecular weight is 537 g/mol. The van der Waals surface area contributed by atoms with E-state index in [1.165, 1.54) is 27.7 Å². The maximum Gasteiger partial charge on any atom is 0.303 e. The van der Waals surface area contributed by atoms with Crippen molar-refractivity contribution in [2.75, 3.05) is 0 Å². The lowest BCUT2D eigenvalue weighted by Crippen LogP contribution is -2.69.